The lowest BCUT2D eigenvalue weighted by Crippen LogP contribution is -2.17. The van der Waals surface area contributed by atoms with Gasteiger partial charge >= 0.3 is 24.1 Å². The molecule has 2 heterocycles. The van der Waals surface area contributed by atoms with E-state index in [1.807, 2.05) is 59.9 Å². The number of aryl methyl sites for hydroxylation is 2. The van der Waals surface area contributed by atoms with Crippen molar-refractivity contribution >= 4 is 57.3 Å². The van der Waals surface area contributed by atoms with Gasteiger partial charge in [-0.1, -0.05) is 12.1 Å². The number of carboxylic acid groups (broad SMARTS) is 2. The van der Waals surface area contributed by atoms with Crippen molar-refractivity contribution in [2.75, 3.05) is 38.1 Å². The van der Waals surface area contributed by atoms with E-state index in [2.05, 4.69) is 10.6 Å². The summed E-state index contributed by atoms with van der Waals surface area (Å²) in [7, 11) is 6.84. The highest BCUT2D eigenvalue weighted by Crippen LogP contribution is 2.31. The lowest BCUT2D eigenvalue weighted by atomic mass is 10.0. The van der Waals surface area contributed by atoms with Gasteiger partial charge in [-0.2, -0.15) is 0 Å². The van der Waals surface area contributed by atoms with Crippen molar-refractivity contribution < 1.29 is 48.3 Å². The Morgan fingerprint density at radius 2 is 1.00 bits per heavy atom. The number of nitrogens with zero attached hydrogens (tertiary/aromatic N) is 2. The number of amides is 2. The molecular weight excluding hydrogens is 708 g/mol. The summed E-state index contributed by atoms with van der Waals surface area (Å²) in [5.41, 5.74) is 6.78. The molecule has 0 aliphatic rings. The zero-order valence-electron chi connectivity index (χ0n) is 30.7. The Balaban J connectivity index is 0.998. The zero-order chi connectivity index (χ0) is 39.2. The Morgan fingerprint density at radius 3 is 1.38 bits per heavy atom. The van der Waals surface area contributed by atoms with E-state index in [-0.39, 0.29) is 30.8 Å². The Bertz CT molecular complexity index is 2260. The van der Waals surface area contributed by atoms with Gasteiger partial charge in [0, 0.05) is 78.9 Å². The van der Waals surface area contributed by atoms with Crippen molar-refractivity contribution in [2.24, 2.45) is 14.1 Å². The Labute approximate surface area is 315 Å². The minimum absolute atomic E-state index is 0.0142. The molecule has 0 bridgehead atoms. The number of carbonyl (C=O) groups excluding carboxylic acids is 2. The van der Waals surface area contributed by atoms with Gasteiger partial charge in [-0.3, -0.25) is 10.6 Å². The highest BCUT2D eigenvalue weighted by molar-refractivity contribution is 5.94. The quantitative estimate of drug-likeness (QED) is 0.0818. The summed E-state index contributed by atoms with van der Waals surface area (Å²) in [6.07, 6.45) is 3.88. The van der Waals surface area contributed by atoms with Crippen LogP contribution in [0.5, 0.6) is 11.5 Å². The molecule has 0 saturated carbocycles. The van der Waals surface area contributed by atoms with Crippen molar-refractivity contribution in [1.82, 2.24) is 9.13 Å². The van der Waals surface area contributed by atoms with E-state index in [9.17, 15) is 29.4 Å². The second-order valence-electron chi connectivity index (χ2n) is 12.9. The van der Waals surface area contributed by atoms with Crippen LogP contribution < -0.4 is 20.1 Å². The third-order valence-corrected chi connectivity index (χ3v) is 9.22. The van der Waals surface area contributed by atoms with Gasteiger partial charge in [0.25, 0.3) is 0 Å². The molecule has 6 rings (SSSR count). The van der Waals surface area contributed by atoms with E-state index in [0.717, 1.165) is 44.1 Å². The van der Waals surface area contributed by atoms with Gasteiger partial charge in [-0.05, 0) is 82.9 Å². The maximum atomic E-state index is 12.6. The minimum atomic E-state index is -1.03. The number of aromatic nitrogens is 2. The topological polar surface area (TPSA) is 180 Å². The summed E-state index contributed by atoms with van der Waals surface area (Å²) in [4.78, 5) is 48.0. The number of aromatic carboxylic acids is 2. The lowest BCUT2D eigenvalue weighted by Gasteiger charge is -2.11. The summed E-state index contributed by atoms with van der Waals surface area (Å²) >= 11 is 0. The smallest absolute Gasteiger partial charge is 0.411 e. The first kappa shape index (κ1) is 37.8. The molecule has 2 aromatic heterocycles. The predicted molar refractivity (Wildman–Crippen MR) is 206 cm³/mol. The molecule has 14 heteroatoms. The van der Waals surface area contributed by atoms with Gasteiger partial charge in [-0.15, -0.1) is 0 Å². The van der Waals surface area contributed by atoms with Crippen LogP contribution in [-0.2, 0) is 36.4 Å². The standard InChI is InChI=1S/C41H40N4O10/c1-44-22-28(16-24-6-8-26(38(46)47)18-36(24)52-3)32-20-30(10-12-34(32)44)42-40(50)54-14-5-15-55-41(51)43-31-11-13-35-33(21-31)29(23-45(35)2)17-25-7-9-27(39(48)49)19-37(25)53-4/h6-13,18-23H,5,14-17H2,1-4H3,(H,42,50)(H,43,51)(H,46,47)(H,48,49). The molecule has 55 heavy (non-hydrogen) atoms. The Hall–Kier alpha value is -6.96. The molecule has 0 fully saturated rings. The number of methoxy groups -OCH3 is 2. The van der Waals surface area contributed by atoms with E-state index in [1.54, 1.807) is 36.4 Å². The summed E-state index contributed by atoms with van der Waals surface area (Å²) in [6, 6.07) is 20.6. The average Bonchev–Trinajstić information content (AvgIpc) is 3.64. The molecule has 0 aliphatic heterocycles. The molecule has 284 valence electrons. The van der Waals surface area contributed by atoms with Crippen molar-refractivity contribution in [3.8, 4) is 11.5 Å². The van der Waals surface area contributed by atoms with Crippen LogP contribution in [0.4, 0.5) is 21.0 Å². The van der Waals surface area contributed by atoms with Gasteiger partial charge < -0.3 is 38.3 Å². The summed E-state index contributed by atoms with van der Waals surface area (Å²) in [5.74, 6) is -1.12. The van der Waals surface area contributed by atoms with Crippen LogP contribution in [-0.4, -0.2) is 70.9 Å². The highest BCUT2D eigenvalue weighted by Gasteiger charge is 2.16. The van der Waals surface area contributed by atoms with Crippen molar-refractivity contribution in [1.29, 1.82) is 0 Å². The highest BCUT2D eigenvalue weighted by atomic mass is 16.6. The SMILES string of the molecule is COc1cc(C(=O)O)ccc1Cc1cn(C)c2ccc(NC(=O)OCCCOC(=O)Nc3ccc4c(c3)c(Cc3ccc(C(=O)O)cc3OC)cn4C)cc12. The molecule has 0 aliphatic carbocycles. The summed E-state index contributed by atoms with van der Waals surface area (Å²) in [5, 5.41) is 26.0. The van der Waals surface area contributed by atoms with Crippen LogP contribution in [0.1, 0.15) is 49.4 Å². The van der Waals surface area contributed by atoms with Gasteiger partial charge in [0.05, 0.1) is 38.6 Å². The number of carbonyl (C=O) groups is 4. The maximum Gasteiger partial charge on any atom is 0.411 e. The third-order valence-electron chi connectivity index (χ3n) is 9.22. The number of nitrogens with one attached hydrogen (secondary N) is 2. The first-order valence-corrected chi connectivity index (χ1v) is 17.3. The lowest BCUT2D eigenvalue weighted by molar-refractivity contribution is 0.0685. The van der Waals surface area contributed by atoms with E-state index < -0.39 is 24.1 Å². The molecular formula is C41H40N4O10. The van der Waals surface area contributed by atoms with Crippen LogP contribution in [0, 0.1) is 0 Å². The second kappa shape index (κ2) is 16.4. The molecule has 2 amide bonds. The fourth-order valence-electron chi connectivity index (χ4n) is 6.54. The molecule has 6 aromatic rings. The maximum absolute atomic E-state index is 12.6. The third kappa shape index (κ3) is 8.65. The summed E-state index contributed by atoms with van der Waals surface area (Å²) in [6.45, 7) is 0.0284. The molecule has 0 radical (unpaired) electrons. The fourth-order valence-corrected chi connectivity index (χ4v) is 6.54. The van der Waals surface area contributed by atoms with E-state index >= 15 is 0 Å². The zero-order valence-corrected chi connectivity index (χ0v) is 30.7. The predicted octanol–water partition coefficient (Wildman–Crippen LogP) is 7.45. The number of anilines is 2. The first-order chi connectivity index (χ1) is 26.4. The molecule has 14 nitrogen and oxygen atoms in total. The second-order valence-corrected chi connectivity index (χ2v) is 12.9. The van der Waals surface area contributed by atoms with E-state index in [4.69, 9.17) is 18.9 Å². The summed E-state index contributed by atoms with van der Waals surface area (Å²) < 4.78 is 25.5. The Kier molecular flexibility index (Phi) is 11.2. The normalized spacial score (nSPS) is 11.0. The number of benzene rings is 4. The van der Waals surface area contributed by atoms with Crippen molar-refractivity contribution in [2.45, 2.75) is 19.3 Å². The number of ether oxygens (including phenoxy) is 4. The van der Waals surface area contributed by atoms with Gasteiger partial charge in [0.1, 0.15) is 11.5 Å². The molecule has 0 saturated heterocycles. The van der Waals surface area contributed by atoms with Crippen molar-refractivity contribution in [3.05, 3.63) is 119 Å². The molecule has 0 spiro atoms. The molecule has 0 unspecified atom stereocenters. The molecule has 0 atom stereocenters. The first-order valence-electron chi connectivity index (χ1n) is 17.3. The fraction of sp³-hybridized carbons (Fsp3) is 0.220. The molecule has 4 aromatic carbocycles. The number of hydrogen-bond acceptors (Lipinski definition) is 8. The minimum Gasteiger partial charge on any atom is -0.496 e. The van der Waals surface area contributed by atoms with Crippen molar-refractivity contribution in [3.63, 3.8) is 0 Å². The van der Waals surface area contributed by atoms with Crippen LogP contribution in [0.2, 0.25) is 0 Å². The number of fused-ring (bicyclic) bond motifs is 2. The monoisotopic (exact) mass is 748 g/mol. The number of rotatable bonds is 14. The van der Waals surface area contributed by atoms with Crippen LogP contribution in [0.15, 0.2) is 85.2 Å². The Morgan fingerprint density at radius 1 is 0.582 bits per heavy atom. The van der Waals surface area contributed by atoms with Gasteiger partial charge in [0.2, 0.25) is 0 Å². The van der Waals surface area contributed by atoms with Gasteiger partial charge in [-0.25, -0.2) is 19.2 Å². The average molecular weight is 749 g/mol. The number of hydrogen-bond donors (Lipinski definition) is 4. The van der Waals surface area contributed by atoms with Crippen LogP contribution in [0.3, 0.4) is 0 Å². The largest absolute Gasteiger partial charge is 0.496 e. The van der Waals surface area contributed by atoms with Crippen LogP contribution in [0.25, 0.3) is 21.8 Å². The molecule has 4 N–H and O–H groups in total. The number of carboxylic acids is 2. The van der Waals surface area contributed by atoms with E-state index in [0.29, 0.717) is 35.7 Å². The van der Waals surface area contributed by atoms with Gasteiger partial charge in [0.15, 0.2) is 0 Å². The van der Waals surface area contributed by atoms with E-state index in [1.165, 1.54) is 26.4 Å². The van der Waals surface area contributed by atoms with Crippen LogP contribution >= 0.6 is 0 Å².